The lowest BCUT2D eigenvalue weighted by molar-refractivity contribution is -0.142. The molecule has 2 aromatic rings. The van der Waals surface area contributed by atoms with Crippen LogP contribution in [0.3, 0.4) is 0 Å². The number of aromatic nitrogens is 1. The van der Waals surface area contributed by atoms with E-state index in [0.29, 0.717) is 45.6 Å². The van der Waals surface area contributed by atoms with E-state index in [4.69, 9.17) is 0 Å². The Morgan fingerprint density at radius 2 is 1.87 bits per heavy atom. The normalized spacial score (nSPS) is 21.2. The Bertz CT molecular complexity index is 1050. The SMILES string of the molecule is CC(C)S(=O)(=O)N1CCN(C(=O)C2CCC(=O)N2Cc2c[nH]c3ccccc23)CC1. The minimum Gasteiger partial charge on any atom is -0.361 e. The van der Waals surface area contributed by atoms with Crippen LogP contribution in [-0.2, 0) is 26.2 Å². The van der Waals surface area contributed by atoms with Crippen molar-refractivity contribution in [2.75, 3.05) is 26.2 Å². The van der Waals surface area contributed by atoms with Gasteiger partial charge in [0, 0.05) is 56.2 Å². The number of carbonyl (C=O) groups excluding carboxylic acids is 2. The van der Waals surface area contributed by atoms with Gasteiger partial charge in [0.05, 0.1) is 5.25 Å². The molecule has 0 saturated carbocycles. The van der Waals surface area contributed by atoms with Gasteiger partial charge < -0.3 is 14.8 Å². The maximum Gasteiger partial charge on any atom is 0.245 e. The summed E-state index contributed by atoms with van der Waals surface area (Å²) in [5.74, 6) is -0.0954. The van der Waals surface area contributed by atoms with Gasteiger partial charge in [-0.05, 0) is 31.9 Å². The molecule has 2 fully saturated rings. The second-order valence-electron chi connectivity index (χ2n) is 8.25. The number of sulfonamides is 1. The Balaban J connectivity index is 1.45. The van der Waals surface area contributed by atoms with Crippen molar-refractivity contribution in [1.29, 1.82) is 0 Å². The fourth-order valence-electron chi connectivity index (χ4n) is 4.31. The topological polar surface area (TPSA) is 93.8 Å². The first-order valence-electron chi connectivity index (χ1n) is 10.4. The fraction of sp³-hybridized carbons (Fsp3) is 0.524. The number of benzene rings is 1. The number of nitrogens with zero attached hydrogens (tertiary/aromatic N) is 3. The quantitative estimate of drug-likeness (QED) is 0.776. The zero-order chi connectivity index (χ0) is 21.5. The van der Waals surface area contributed by atoms with E-state index >= 15 is 0 Å². The third kappa shape index (κ3) is 3.72. The summed E-state index contributed by atoms with van der Waals surface area (Å²) in [4.78, 5) is 32.3. The van der Waals surface area contributed by atoms with Gasteiger partial charge in [0.25, 0.3) is 0 Å². The highest BCUT2D eigenvalue weighted by molar-refractivity contribution is 7.89. The average molecular weight is 433 g/mol. The zero-order valence-corrected chi connectivity index (χ0v) is 18.2. The van der Waals surface area contributed by atoms with E-state index in [-0.39, 0.29) is 11.8 Å². The highest BCUT2D eigenvalue weighted by Gasteiger charge is 2.40. The molecule has 0 spiro atoms. The molecule has 0 aliphatic carbocycles. The fourth-order valence-corrected chi connectivity index (χ4v) is 5.57. The number of likely N-dealkylation sites (tertiary alicyclic amines) is 1. The Hall–Kier alpha value is -2.39. The summed E-state index contributed by atoms with van der Waals surface area (Å²) in [7, 11) is -3.32. The second kappa shape index (κ2) is 8.03. The van der Waals surface area contributed by atoms with E-state index in [9.17, 15) is 18.0 Å². The molecule has 1 atom stereocenters. The molecule has 4 rings (SSSR count). The largest absolute Gasteiger partial charge is 0.361 e. The average Bonchev–Trinajstić information content (AvgIpc) is 3.32. The number of hydrogen-bond acceptors (Lipinski definition) is 4. The predicted octanol–water partition coefficient (Wildman–Crippen LogP) is 1.54. The molecule has 30 heavy (non-hydrogen) atoms. The lowest BCUT2D eigenvalue weighted by atomic mass is 10.1. The van der Waals surface area contributed by atoms with E-state index in [1.807, 2.05) is 30.5 Å². The first-order chi connectivity index (χ1) is 14.3. The summed E-state index contributed by atoms with van der Waals surface area (Å²) in [5.41, 5.74) is 2.00. The number of amides is 2. The standard InChI is InChI=1S/C21H28N4O4S/c1-15(2)30(28,29)24-11-9-23(10-12-24)21(27)19-7-8-20(26)25(19)14-16-13-22-18-6-4-3-5-17(16)18/h3-6,13,15,19,22H,7-12,14H2,1-2H3. The Kier molecular flexibility index (Phi) is 5.59. The number of piperazine rings is 1. The van der Waals surface area contributed by atoms with Crippen molar-refractivity contribution in [3.8, 4) is 0 Å². The first-order valence-corrected chi connectivity index (χ1v) is 11.9. The van der Waals surface area contributed by atoms with Gasteiger partial charge in [-0.25, -0.2) is 8.42 Å². The van der Waals surface area contributed by atoms with Gasteiger partial charge in [-0.2, -0.15) is 4.31 Å². The maximum absolute atomic E-state index is 13.2. The molecule has 2 aliphatic heterocycles. The minimum atomic E-state index is -3.32. The number of rotatable bonds is 5. The molecule has 3 heterocycles. The van der Waals surface area contributed by atoms with Gasteiger partial charge in [0.15, 0.2) is 0 Å². The van der Waals surface area contributed by atoms with Crippen LogP contribution in [0.15, 0.2) is 30.5 Å². The van der Waals surface area contributed by atoms with Crippen molar-refractivity contribution in [2.45, 2.75) is 44.5 Å². The van der Waals surface area contributed by atoms with Crippen LogP contribution in [0.25, 0.3) is 10.9 Å². The van der Waals surface area contributed by atoms with Crippen molar-refractivity contribution >= 4 is 32.7 Å². The summed E-state index contributed by atoms with van der Waals surface area (Å²) < 4.78 is 26.2. The van der Waals surface area contributed by atoms with Crippen LogP contribution >= 0.6 is 0 Å². The molecule has 0 bridgehead atoms. The molecule has 2 aliphatic rings. The van der Waals surface area contributed by atoms with E-state index in [0.717, 1.165) is 16.5 Å². The Morgan fingerprint density at radius 3 is 2.57 bits per heavy atom. The molecule has 8 nitrogen and oxygen atoms in total. The number of hydrogen-bond donors (Lipinski definition) is 1. The summed E-state index contributed by atoms with van der Waals surface area (Å²) in [6.45, 7) is 5.04. The molecule has 2 saturated heterocycles. The van der Waals surface area contributed by atoms with E-state index in [1.54, 1.807) is 23.6 Å². The molecular weight excluding hydrogens is 404 g/mol. The van der Waals surface area contributed by atoms with E-state index in [1.165, 1.54) is 4.31 Å². The molecule has 9 heteroatoms. The summed E-state index contributed by atoms with van der Waals surface area (Å²) in [6.07, 6.45) is 2.76. The first kappa shape index (κ1) is 20.9. The van der Waals surface area contributed by atoms with E-state index < -0.39 is 21.3 Å². The van der Waals surface area contributed by atoms with Gasteiger partial charge in [0.2, 0.25) is 21.8 Å². The monoisotopic (exact) mass is 432 g/mol. The number of carbonyl (C=O) groups is 2. The smallest absolute Gasteiger partial charge is 0.245 e. The van der Waals surface area contributed by atoms with Gasteiger partial charge in [-0.15, -0.1) is 0 Å². The lowest BCUT2D eigenvalue weighted by Crippen LogP contribution is -2.55. The highest BCUT2D eigenvalue weighted by Crippen LogP contribution is 2.27. The number of aromatic amines is 1. The minimum absolute atomic E-state index is 0.0142. The van der Waals surface area contributed by atoms with Gasteiger partial charge in [0.1, 0.15) is 6.04 Å². The van der Waals surface area contributed by atoms with Crippen molar-refractivity contribution in [3.05, 3.63) is 36.0 Å². The zero-order valence-electron chi connectivity index (χ0n) is 17.4. The summed E-state index contributed by atoms with van der Waals surface area (Å²) in [6, 6.07) is 7.41. The second-order valence-corrected chi connectivity index (χ2v) is 10.7. The third-order valence-corrected chi connectivity index (χ3v) is 8.41. The summed E-state index contributed by atoms with van der Waals surface area (Å²) in [5, 5.41) is 0.578. The van der Waals surface area contributed by atoms with Crippen molar-refractivity contribution in [1.82, 2.24) is 19.1 Å². The molecular formula is C21H28N4O4S. The number of fused-ring (bicyclic) bond motifs is 1. The van der Waals surface area contributed by atoms with Crippen molar-refractivity contribution in [3.63, 3.8) is 0 Å². The maximum atomic E-state index is 13.2. The van der Waals surface area contributed by atoms with Crippen LogP contribution in [-0.4, -0.2) is 76.8 Å². The predicted molar refractivity (Wildman–Crippen MR) is 114 cm³/mol. The van der Waals surface area contributed by atoms with Crippen LogP contribution in [0, 0.1) is 0 Å². The Labute approximate surface area is 176 Å². The molecule has 0 radical (unpaired) electrons. The Morgan fingerprint density at radius 1 is 1.17 bits per heavy atom. The molecule has 2 amide bonds. The molecule has 1 aromatic heterocycles. The van der Waals surface area contributed by atoms with E-state index in [2.05, 4.69) is 4.98 Å². The molecule has 1 N–H and O–H groups in total. The van der Waals surface area contributed by atoms with Crippen LogP contribution in [0.4, 0.5) is 0 Å². The van der Waals surface area contributed by atoms with Gasteiger partial charge >= 0.3 is 0 Å². The summed E-state index contributed by atoms with van der Waals surface area (Å²) >= 11 is 0. The third-order valence-electron chi connectivity index (χ3n) is 6.13. The van der Waals surface area contributed by atoms with Crippen LogP contribution in [0.2, 0.25) is 0 Å². The van der Waals surface area contributed by atoms with Crippen LogP contribution < -0.4 is 0 Å². The lowest BCUT2D eigenvalue weighted by Gasteiger charge is -2.37. The molecule has 162 valence electrons. The molecule has 1 unspecified atom stereocenters. The van der Waals surface area contributed by atoms with Crippen molar-refractivity contribution < 1.29 is 18.0 Å². The number of para-hydroxylation sites is 1. The highest BCUT2D eigenvalue weighted by atomic mass is 32.2. The van der Waals surface area contributed by atoms with Crippen LogP contribution in [0.1, 0.15) is 32.3 Å². The number of nitrogens with one attached hydrogen (secondary N) is 1. The van der Waals surface area contributed by atoms with Gasteiger partial charge in [-0.3, -0.25) is 9.59 Å². The molecule has 1 aromatic carbocycles. The van der Waals surface area contributed by atoms with Crippen molar-refractivity contribution in [2.24, 2.45) is 0 Å². The van der Waals surface area contributed by atoms with Crippen LogP contribution in [0.5, 0.6) is 0 Å². The number of H-pyrrole nitrogens is 1. The van der Waals surface area contributed by atoms with Gasteiger partial charge in [-0.1, -0.05) is 18.2 Å².